The molecule has 4 N–H and O–H groups in total. The van der Waals surface area contributed by atoms with Crippen LogP contribution in [0.4, 0.5) is 13.2 Å². The maximum absolute atomic E-state index is 14.1. The number of nitrogens with one attached hydrogen (secondary N) is 2. The number of H-pyrrole nitrogens is 1. The highest BCUT2D eigenvalue weighted by Crippen LogP contribution is 2.38. The lowest BCUT2D eigenvalue weighted by Crippen LogP contribution is -2.46. The van der Waals surface area contributed by atoms with Crippen molar-refractivity contribution in [2.45, 2.75) is 63.7 Å². The first-order valence-corrected chi connectivity index (χ1v) is 11.9. The van der Waals surface area contributed by atoms with Crippen molar-refractivity contribution in [2.24, 2.45) is 11.7 Å². The van der Waals surface area contributed by atoms with E-state index in [4.69, 9.17) is 10.5 Å². The molecule has 10 heteroatoms. The normalized spacial score (nSPS) is 22.5. The fraction of sp³-hybridized carbons (Fsp3) is 0.480. The predicted octanol–water partition coefficient (Wildman–Crippen LogP) is 4.61. The number of carbonyl (C=O) groups excluding carboxylic acids is 1. The summed E-state index contributed by atoms with van der Waals surface area (Å²) in [6.45, 7) is 2.24. The number of aromatic amines is 1. The molecule has 0 radical (unpaired) electrons. The number of hydrogen-bond donors (Lipinski definition) is 3. The van der Waals surface area contributed by atoms with E-state index < -0.39 is 18.6 Å². The van der Waals surface area contributed by atoms with Gasteiger partial charge in [0, 0.05) is 35.3 Å². The summed E-state index contributed by atoms with van der Waals surface area (Å²) in [7, 11) is 0. The second-order valence-electron chi connectivity index (χ2n) is 9.54. The molecular weight excluding hydrogens is 459 g/mol. The number of rotatable bonds is 7. The van der Waals surface area contributed by atoms with Gasteiger partial charge in [-0.1, -0.05) is 0 Å². The molecule has 7 nitrogen and oxygen atoms in total. The minimum atomic E-state index is -2.65. The number of aryl methyl sites for hydroxylation is 1. The Balaban J connectivity index is 1.50. The van der Waals surface area contributed by atoms with E-state index >= 15 is 0 Å². The molecule has 2 aromatic heterocycles. The molecule has 5 rings (SSSR count). The van der Waals surface area contributed by atoms with Crippen molar-refractivity contribution in [3.63, 3.8) is 0 Å². The number of ether oxygens (including phenoxy) is 1. The molecule has 35 heavy (non-hydrogen) atoms. The number of halogens is 3. The van der Waals surface area contributed by atoms with Gasteiger partial charge in [0.15, 0.2) is 0 Å². The van der Waals surface area contributed by atoms with Gasteiger partial charge in [-0.05, 0) is 56.7 Å². The Kier molecular flexibility index (Phi) is 6.39. The van der Waals surface area contributed by atoms with Gasteiger partial charge in [0.05, 0.1) is 17.7 Å². The monoisotopic (exact) mass is 487 g/mol. The predicted molar refractivity (Wildman–Crippen MR) is 125 cm³/mol. The molecule has 2 fully saturated rings. The number of nitrogens with zero attached hydrogens (tertiary/aromatic N) is 2. The smallest absolute Gasteiger partial charge is 0.263 e. The van der Waals surface area contributed by atoms with Crippen LogP contribution < -0.4 is 15.8 Å². The first-order valence-electron chi connectivity index (χ1n) is 11.9. The molecule has 2 saturated carbocycles. The van der Waals surface area contributed by atoms with Gasteiger partial charge in [0.1, 0.15) is 29.5 Å². The van der Waals surface area contributed by atoms with E-state index in [-0.39, 0.29) is 23.9 Å². The Hall–Kier alpha value is -3.14. The quantitative estimate of drug-likeness (QED) is 0.451. The zero-order valence-corrected chi connectivity index (χ0v) is 19.4. The molecule has 0 aliphatic heterocycles. The lowest BCUT2D eigenvalue weighted by molar-refractivity contribution is 0.0906. The third kappa shape index (κ3) is 4.84. The van der Waals surface area contributed by atoms with E-state index in [2.05, 4.69) is 20.3 Å². The van der Waals surface area contributed by atoms with Crippen LogP contribution in [-0.4, -0.2) is 45.7 Å². The van der Waals surface area contributed by atoms with Gasteiger partial charge in [-0.2, -0.15) is 0 Å². The van der Waals surface area contributed by atoms with Crippen molar-refractivity contribution < 1.29 is 22.7 Å². The Labute approximate surface area is 200 Å². The van der Waals surface area contributed by atoms with Crippen molar-refractivity contribution in [3.05, 3.63) is 41.3 Å². The molecule has 1 amide bonds. The number of alkyl halides is 3. The van der Waals surface area contributed by atoms with Gasteiger partial charge < -0.3 is 20.8 Å². The molecule has 186 valence electrons. The SMILES string of the molecule is Cc1[nH]c2c(-c3cc(C(F)F)ccc3OCC3CC3)ncnc2c1C(=O)N[C@H]1CC[C@H](N)[C@@H](F)C1. The minimum Gasteiger partial charge on any atom is -0.493 e. The van der Waals surface area contributed by atoms with E-state index in [1.54, 1.807) is 6.92 Å². The van der Waals surface area contributed by atoms with Crippen molar-refractivity contribution in [2.75, 3.05) is 6.61 Å². The van der Waals surface area contributed by atoms with Crippen molar-refractivity contribution >= 4 is 16.9 Å². The van der Waals surface area contributed by atoms with E-state index in [0.29, 0.717) is 64.7 Å². The third-order valence-electron chi connectivity index (χ3n) is 6.84. The van der Waals surface area contributed by atoms with Crippen LogP contribution in [0.1, 0.15) is 60.1 Å². The lowest BCUT2D eigenvalue weighted by Gasteiger charge is -2.29. The number of aromatic nitrogens is 3. The minimum absolute atomic E-state index is 0.150. The first kappa shape index (κ1) is 23.6. The molecule has 2 aliphatic rings. The van der Waals surface area contributed by atoms with Gasteiger partial charge in [-0.25, -0.2) is 23.1 Å². The molecule has 3 atom stereocenters. The van der Waals surface area contributed by atoms with Gasteiger partial charge >= 0.3 is 0 Å². The van der Waals surface area contributed by atoms with E-state index in [1.165, 1.54) is 24.5 Å². The zero-order valence-electron chi connectivity index (χ0n) is 19.4. The summed E-state index contributed by atoms with van der Waals surface area (Å²) in [5.74, 6) is 0.550. The molecule has 0 unspecified atom stereocenters. The molecule has 0 saturated heterocycles. The highest BCUT2D eigenvalue weighted by Gasteiger charge is 2.31. The largest absolute Gasteiger partial charge is 0.493 e. The Morgan fingerprint density at radius 1 is 1.26 bits per heavy atom. The van der Waals surface area contributed by atoms with Gasteiger partial charge in [-0.15, -0.1) is 0 Å². The van der Waals surface area contributed by atoms with E-state index in [1.807, 2.05) is 0 Å². The van der Waals surface area contributed by atoms with Crippen molar-refractivity contribution in [1.82, 2.24) is 20.3 Å². The topological polar surface area (TPSA) is 106 Å². The number of fused-ring (bicyclic) bond motifs is 1. The molecule has 0 bridgehead atoms. The van der Waals surface area contributed by atoms with Gasteiger partial charge in [0.2, 0.25) is 0 Å². The number of benzene rings is 1. The highest BCUT2D eigenvalue weighted by atomic mass is 19.3. The van der Waals surface area contributed by atoms with E-state index in [0.717, 1.165) is 12.8 Å². The number of hydrogen-bond acceptors (Lipinski definition) is 5. The highest BCUT2D eigenvalue weighted by molar-refractivity contribution is 6.09. The molecule has 1 aromatic carbocycles. The fourth-order valence-corrected chi connectivity index (χ4v) is 4.62. The Bertz CT molecular complexity index is 1240. The van der Waals surface area contributed by atoms with Crippen LogP contribution >= 0.6 is 0 Å². The van der Waals surface area contributed by atoms with Crippen molar-refractivity contribution in [1.29, 1.82) is 0 Å². The van der Waals surface area contributed by atoms with Crippen molar-refractivity contribution in [3.8, 4) is 17.0 Å². The molecule has 2 aliphatic carbocycles. The van der Waals surface area contributed by atoms with Crippen LogP contribution in [0.25, 0.3) is 22.3 Å². The van der Waals surface area contributed by atoms with E-state index in [9.17, 15) is 18.0 Å². The average molecular weight is 488 g/mol. The average Bonchev–Trinajstić information content (AvgIpc) is 3.59. The molecule has 3 aromatic rings. The van der Waals surface area contributed by atoms with Crippen LogP contribution in [0.5, 0.6) is 5.75 Å². The Morgan fingerprint density at radius 2 is 2.06 bits per heavy atom. The maximum Gasteiger partial charge on any atom is 0.263 e. The summed E-state index contributed by atoms with van der Waals surface area (Å²) in [6.07, 6.45) is 0.919. The third-order valence-corrected chi connectivity index (χ3v) is 6.84. The Morgan fingerprint density at radius 3 is 2.77 bits per heavy atom. The number of carbonyl (C=O) groups is 1. The summed E-state index contributed by atoms with van der Waals surface area (Å²) in [6, 6.07) is 3.43. The first-order chi connectivity index (χ1) is 16.8. The van der Waals surface area contributed by atoms with Crippen LogP contribution in [0.2, 0.25) is 0 Å². The van der Waals surface area contributed by atoms with Crippen LogP contribution in [0, 0.1) is 12.8 Å². The maximum atomic E-state index is 14.1. The molecule has 0 spiro atoms. The summed E-state index contributed by atoms with van der Waals surface area (Å²) in [5, 5.41) is 2.90. The lowest BCUT2D eigenvalue weighted by atomic mass is 9.90. The molecular formula is C25H28F3N5O2. The second kappa shape index (κ2) is 9.49. The van der Waals surface area contributed by atoms with Gasteiger partial charge in [0.25, 0.3) is 12.3 Å². The number of nitrogens with two attached hydrogens (primary N) is 1. The summed E-state index contributed by atoms with van der Waals surface area (Å²) in [5.41, 5.74) is 8.07. The number of amides is 1. The fourth-order valence-electron chi connectivity index (χ4n) is 4.62. The summed E-state index contributed by atoms with van der Waals surface area (Å²) in [4.78, 5) is 25.0. The van der Waals surface area contributed by atoms with Crippen LogP contribution in [-0.2, 0) is 0 Å². The zero-order chi connectivity index (χ0) is 24.7. The van der Waals surface area contributed by atoms with Crippen LogP contribution in [0.15, 0.2) is 24.5 Å². The molecule has 2 heterocycles. The summed E-state index contributed by atoms with van der Waals surface area (Å²) >= 11 is 0. The summed E-state index contributed by atoms with van der Waals surface area (Å²) < 4.78 is 47.1. The van der Waals surface area contributed by atoms with Crippen LogP contribution in [0.3, 0.4) is 0 Å². The van der Waals surface area contributed by atoms with Gasteiger partial charge in [-0.3, -0.25) is 4.79 Å². The standard InChI is InChI=1S/C25H28F3N5O2/c1-12-20(25(34)33-15-5-6-18(29)17(26)9-15)22-23(32-12)21(30-11-31-22)16-8-14(24(27)28)4-7-19(16)35-10-13-2-3-13/h4,7-8,11,13,15,17-18,24,32H,2-3,5-6,9-10,29H2,1H3,(H,33,34)/t15-,17-,18-/m0/s1. The second-order valence-corrected chi connectivity index (χ2v) is 9.54.